The Balaban J connectivity index is 1.87. The van der Waals surface area contributed by atoms with E-state index in [9.17, 15) is 19.7 Å². The van der Waals surface area contributed by atoms with E-state index in [-0.39, 0.29) is 41.2 Å². The monoisotopic (exact) mass is 369 g/mol. The quantitative estimate of drug-likeness (QED) is 0.531. The molecule has 27 heavy (non-hydrogen) atoms. The molecule has 1 unspecified atom stereocenters. The van der Waals surface area contributed by atoms with Crippen LogP contribution in [-0.2, 0) is 11.3 Å². The molecule has 0 spiro atoms. The Labute approximate surface area is 154 Å². The molecule has 0 saturated heterocycles. The molecule has 1 atom stereocenters. The standard InChI is InChI=1S/C19H19N3O5/c1-12(2)18(13-6-4-3-5-7-13)20-17(23)11-21-15-10-14(22(25)26)8-9-16(15)27-19(21)24/h3-10,12,18H,11H2,1-2H3,(H,20,23). The third kappa shape index (κ3) is 3.89. The van der Waals surface area contributed by atoms with E-state index >= 15 is 0 Å². The maximum absolute atomic E-state index is 12.6. The average molecular weight is 369 g/mol. The van der Waals surface area contributed by atoms with E-state index in [2.05, 4.69) is 5.32 Å². The first kappa shape index (κ1) is 18.4. The maximum Gasteiger partial charge on any atom is 0.420 e. The molecule has 8 heteroatoms. The van der Waals surface area contributed by atoms with E-state index in [1.165, 1.54) is 18.2 Å². The second-order valence-electron chi connectivity index (χ2n) is 6.56. The van der Waals surface area contributed by atoms with Gasteiger partial charge in [-0.15, -0.1) is 0 Å². The fourth-order valence-corrected chi connectivity index (χ4v) is 2.97. The average Bonchev–Trinajstić information content (AvgIpc) is 2.95. The highest BCUT2D eigenvalue weighted by molar-refractivity contribution is 5.81. The Kier molecular flexibility index (Phi) is 5.07. The molecule has 1 heterocycles. The fraction of sp³-hybridized carbons (Fsp3) is 0.263. The minimum Gasteiger partial charge on any atom is -0.408 e. The van der Waals surface area contributed by atoms with Crippen LogP contribution in [0.1, 0.15) is 25.5 Å². The summed E-state index contributed by atoms with van der Waals surface area (Å²) in [5, 5.41) is 13.9. The van der Waals surface area contributed by atoms with Crippen LogP contribution in [0, 0.1) is 16.0 Å². The van der Waals surface area contributed by atoms with Crippen molar-refractivity contribution < 1.29 is 14.1 Å². The smallest absolute Gasteiger partial charge is 0.408 e. The minimum atomic E-state index is -0.735. The third-order valence-corrected chi connectivity index (χ3v) is 4.31. The molecule has 2 aromatic carbocycles. The van der Waals surface area contributed by atoms with Crippen LogP contribution in [0.5, 0.6) is 0 Å². The lowest BCUT2D eigenvalue weighted by atomic mass is 9.96. The van der Waals surface area contributed by atoms with Crippen molar-refractivity contribution in [3.8, 4) is 0 Å². The van der Waals surface area contributed by atoms with Crippen LogP contribution >= 0.6 is 0 Å². The molecule has 1 amide bonds. The van der Waals surface area contributed by atoms with Gasteiger partial charge in [-0.1, -0.05) is 44.2 Å². The van der Waals surface area contributed by atoms with E-state index in [4.69, 9.17) is 4.42 Å². The summed E-state index contributed by atoms with van der Waals surface area (Å²) >= 11 is 0. The van der Waals surface area contributed by atoms with Gasteiger partial charge < -0.3 is 9.73 Å². The largest absolute Gasteiger partial charge is 0.420 e. The van der Waals surface area contributed by atoms with Crippen LogP contribution in [0.15, 0.2) is 57.7 Å². The number of carbonyl (C=O) groups excluding carboxylic acids is 1. The number of aromatic nitrogens is 1. The van der Waals surface area contributed by atoms with Crippen molar-refractivity contribution in [1.29, 1.82) is 0 Å². The number of benzene rings is 2. The molecule has 0 fully saturated rings. The van der Waals surface area contributed by atoms with Gasteiger partial charge in [0.2, 0.25) is 5.91 Å². The Morgan fingerprint density at radius 3 is 2.56 bits per heavy atom. The number of nitrogens with one attached hydrogen (secondary N) is 1. The van der Waals surface area contributed by atoms with Crippen molar-refractivity contribution >= 4 is 22.7 Å². The van der Waals surface area contributed by atoms with E-state index < -0.39 is 10.7 Å². The fourth-order valence-electron chi connectivity index (χ4n) is 2.97. The zero-order valence-corrected chi connectivity index (χ0v) is 14.9. The Hall–Kier alpha value is -3.42. The summed E-state index contributed by atoms with van der Waals surface area (Å²) < 4.78 is 6.17. The van der Waals surface area contributed by atoms with Gasteiger partial charge in [0, 0.05) is 12.1 Å². The minimum absolute atomic E-state index is 0.134. The van der Waals surface area contributed by atoms with Crippen molar-refractivity contribution in [3.63, 3.8) is 0 Å². The number of fused-ring (bicyclic) bond motifs is 1. The zero-order valence-electron chi connectivity index (χ0n) is 14.9. The normalized spacial score (nSPS) is 12.3. The number of hydrogen-bond donors (Lipinski definition) is 1. The number of carbonyl (C=O) groups is 1. The van der Waals surface area contributed by atoms with Crippen molar-refractivity contribution in [3.05, 3.63) is 74.8 Å². The van der Waals surface area contributed by atoms with Crippen molar-refractivity contribution in [2.24, 2.45) is 5.92 Å². The lowest BCUT2D eigenvalue weighted by Crippen LogP contribution is -2.35. The van der Waals surface area contributed by atoms with E-state index in [0.717, 1.165) is 10.1 Å². The van der Waals surface area contributed by atoms with E-state index in [1.807, 2.05) is 44.2 Å². The highest BCUT2D eigenvalue weighted by Gasteiger charge is 2.21. The lowest BCUT2D eigenvalue weighted by molar-refractivity contribution is -0.384. The van der Waals surface area contributed by atoms with Crippen LogP contribution in [0.3, 0.4) is 0 Å². The second kappa shape index (κ2) is 7.45. The summed E-state index contributed by atoms with van der Waals surface area (Å²) in [7, 11) is 0. The van der Waals surface area contributed by atoms with Gasteiger partial charge in [0.25, 0.3) is 5.69 Å². The SMILES string of the molecule is CC(C)C(NC(=O)Cn1c(=O)oc2ccc([N+](=O)[O-])cc21)c1ccccc1. The summed E-state index contributed by atoms with van der Waals surface area (Å²) in [5.74, 6) is -0.981. The predicted molar refractivity (Wildman–Crippen MR) is 99.3 cm³/mol. The summed E-state index contributed by atoms with van der Waals surface area (Å²) in [6, 6.07) is 13.1. The number of non-ortho nitro benzene ring substituents is 1. The number of amides is 1. The van der Waals surface area contributed by atoms with Crippen molar-refractivity contribution in [2.75, 3.05) is 0 Å². The molecule has 0 aliphatic carbocycles. The van der Waals surface area contributed by atoms with Crippen LogP contribution in [-0.4, -0.2) is 15.4 Å². The number of nitro benzene ring substituents is 1. The van der Waals surface area contributed by atoms with Crippen LogP contribution in [0.25, 0.3) is 11.1 Å². The summed E-state index contributed by atoms with van der Waals surface area (Å²) in [4.78, 5) is 35.1. The molecule has 1 aromatic heterocycles. The second-order valence-corrected chi connectivity index (χ2v) is 6.56. The molecule has 0 radical (unpaired) electrons. The molecule has 8 nitrogen and oxygen atoms in total. The van der Waals surface area contributed by atoms with Gasteiger partial charge in [-0.3, -0.25) is 19.5 Å². The summed E-state index contributed by atoms with van der Waals surface area (Å²) in [6.45, 7) is 3.69. The number of rotatable bonds is 6. The Morgan fingerprint density at radius 2 is 1.93 bits per heavy atom. The molecule has 0 aliphatic rings. The molecule has 0 bridgehead atoms. The summed E-state index contributed by atoms with van der Waals surface area (Å²) in [6.07, 6.45) is 0. The highest BCUT2D eigenvalue weighted by atomic mass is 16.6. The summed E-state index contributed by atoms with van der Waals surface area (Å²) in [5.41, 5.74) is 1.19. The first-order chi connectivity index (χ1) is 12.9. The van der Waals surface area contributed by atoms with E-state index in [1.54, 1.807) is 0 Å². The Bertz CT molecular complexity index is 1040. The van der Waals surface area contributed by atoms with Gasteiger partial charge in [0.15, 0.2) is 5.58 Å². The molecular formula is C19H19N3O5. The molecule has 0 aliphatic heterocycles. The number of nitrogens with zero attached hydrogens (tertiary/aromatic N) is 2. The molecule has 3 rings (SSSR count). The molecule has 1 N–H and O–H groups in total. The first-order valence-electron chi connectivity index (χ1n) is 8.49. The van der Waals surface area contributed by atoms with Crippen LogP contribution in [0.2, 0.25) is 0 Å². The Morgan fingerprint density at radius 1 is 1.22 bits per heavy atom. The van der Waals surface area contributed by atoms with Gasteiger partial charge in [-0.25, -0.2) is 4.79 Å². The van der Waals surface area contributed by atoms with Gasteiger partial charge in [0.1, 0.15) is 6.54 Å². The predicted octanol–water partition coefficient (Wildman–Crippen LogP) is 3.02. The van der Waals surface area contributed by atoms with Gasteiger partial charge in [0.05, 0.1) is 16.5 Å². The lowest BCUT2D eigenvalue weighted by Gasteiger charge is -2.23. The van der Waals surface area contributed by atoms with Crippen molar-refractivity contribution in [2.45, 2.75) is 26.4 Å². The van der Waals surface area contributed by atoms with Gasteiger partial charge >= 0.3 is 5.76 Å². The van der Waals surface area contributed by atoms with E-state index in [0.29, 0.717) is 0 Å². The molecule has 3 aromatic rings. The zero-order chi connectivity index (χ0) is 19.6. The van der Waals surface area contributed by atoms with Crippen LogP contribution < -0.4 is 11.1 Å². The number of nitro groups is 1. The molecule has 0 saturated carbocycles. The maximum atomic E-state index is 12.6. The van der Waals surface area contributed by atoms with Gasteiger partial charge in [-0.2, -0.15) is 0 Å². The number of oxazole rings is 1. The van der Waals surface area contributed by atoms with Crippen molar-refractivity contribution in [1.82, 2.24) is 9.88 Å². The topological polar surface area (TPSA) is 107 Å². The number of hydrogen-bond acceptors (Lipinski definition) is 5. The molecular weight excluding hydrogens is 350 g/mol. The third-order valence-electron chi connectivity index (χ3n) is 4.31. The van der Waals surface area contributed by atoms with Crippen LogP contribution in [0.4, 0.5) is 5.69 Å². The first-order valence-corrected chi connectivity index (χ1v) is 8.49. The van der Waals surface area contributed by atoms with Gasteiger partial charge in [-0.05, 0) is 17.5 Å². The molecule has 140 valence electrons. The highest BCUT2D eigenvalue weighted by Crippen LogP contribution is 2.22.